The number of ether oxygens (including phenoxy) is 1. The monoisotopic (exact) mass is 395 g/mol. The number of H-pyrrole nitrogens is 2. The van der Waals surface area contributed by atoms with Gasteiger partial charge in [-0.15, -0.1) is 0 Å². The van der Waals surface area contributed by atoms with E-state index in [1.54, 1.807) is 13.8 Å². The molecule has 0 radical (unpaired) electrons. The second-order valence-electron chi connectivity index (χ2n) is 6.50. The molecule has 0 aliphatic carbocycles. The van der Waals surface area contributed by atoms with Crippen LogP contribution in [0.25, 0.3) is 11.0 Å². The third kappa shape index (κ3) is 3.67. The number of esters is 1. The van der Waals surface area contributed by atoms with Crippen LogP contribution in [-0.2, 0) is 19.6 Å². The molecule has 146 valence electrons. The molecule has 1 aromatic carbocycles. The average molecular weight is 395 g/mol. The number of hydrogen-bond donors (Lipinski definition) is 2. The van der Waals surface area contributed by atoms with Gasteiger partial charge in [0.15, 0.2) is 0 Å². The molecule has 0 amide bonds. The van der Waals surface area contributed by atoms with Gasteiger partial charge in [0.25, 0.3) is 0 Å². The molecule has 0 saturated carbocycles. The molecule has 0 bridgehead atoms. The van der Waals surface area contributed by atoms with Gasteiger partial charge in [0.1, 0.15) is 0 Å². The van der Waals surface area contributed by atoms with Crippen molar-refractivity contribution in [2.75, 3.05) is 19.7 Å². The number of carbonyl (C=O) groups is 1. The number of aryl methyl sites for hydroxylation is 1. The molecule has 0 unspecified atom stereocenters. The van der Waals surface area contributed by atoms with Crippen LogP contribution in [-0.4, -0.2) is 48.4 Å². The number of benzene rings is 1. The maximum absolute atomic E-state index is 13.1. The summed E-state index contributed by atoms with van der Waals surface area (Å²) in [6.07, 6.45) is 0.795. The smallest absolute Gasteiger partial charge is 0.314 e. The highest BCUT2D eigenvalue weighted by molar-refractivity contribution is 7.89. The van der Waals surface area contributed by atoms with Gasteiger partial charge in [-0.1, -0.05) is 0 Å². The Kier molecular flexibility index (Phi) is 5.20. The Bertz CT molecular complexity index is 1090. The summed E-state index contributed by atoms with van der Waals surface area (Å²) in [5, 5.41) is 0. The lowest BCUT2D eigenvalue weighted by Gasteiger charge is -2.30. The standard InChI is InChI=1S/C17H21N3O6S/c1-3-26-17(23)11-4-6-20(7-5-11)27(24,25)14-9-13-12(8-10(14)2)18-15(21)16(22)19-13/h8-9,11H,3-7H2,1-2H3,(H,18,21)(H,19,22). The second kappa shape index (κ2) is 7.28. The van der Waals surface area contributed by atoms with Gasteiger partial charge in [-0.25, -0.2) is 8.42 Å². The van der Waals surface area contributed by atoms with E-state index in [9.17, 15) is 22.8 Å². The number of fused-ring (bicyclic) bond motifs is 1. The lowest BCUT2D eigenvalue weighted by Crippen LogP contribution is -2.40. The Balaban J connectivity index is 1.90. The van der Waals surface area contributed by atoms with Gasteiger partial charge in [0.05, 0.1) is 28.5 Å². The van der Waals surface area contributed by atoms with Crippen molar-refractivity contribution < 1.29 is 17.9 Å². The minimum Gasteiger partial charge on any atom is -0.466 e. The normalized spacial score (nSPS) is 16.5. The van der Waals surface area contributed by atoms with Crippen molar-refractivity contribution in [3.63, 3.8) is 0 Å². The van der Waals surface area contributed by atoms with E-state index >= 15 is 0 Å². The lowest BCUT2D eigenvalue weighted by molar-refractivity contribution is -0.149. The third-order valence-electron chi connectivity index (χ3n) is 4.71. The number of nitrogens with zero attached hydrogens (tertiary/aromatic N) is 1. The Labute approximate surface area is 155 Å². The van der Waals surface area contributed by atoms with E-state index in [2.05, 4.69) is 9.97 Å². The van der Waals surface area contributed by atoms with Crippen LogP contribution < -0.4 is 11.1 Å². The maximum Gasteiger partial charge on any atom is 0.314 e. The van der Waals surface area contributed by atoms with E-state index in [-0.39, 0.29) is 35.4 Å². The first-order valence-electron chi connectivity index (χ1n) is 8.67. The number of nitrogens with one attached hydrogen (secondary N) is 2. The SMILES string of the molecule is CCOC(=O)C1CCN(S(=O)(=O)c2cc3[nH]c(=O)c(=O)[nH]c3cc2C)CC1. The topological polar surface area (TPSA) is 129 Å². The molecule has 0 atom stereocenters. The highest BCUT2D eigenvalue weighted by Gasteiger charge is 2.33. The van der Waals surface area contributed by atoms with Crippen LogP contribution in [0.1, 0.15) is 25.3 Å². The van der Waals surface area contributed by atoms with Gasteiger partial charge in [-0.05, 0) is 44.4 Å². The summed E-state index contributed by atoms with van der Waals surface area (Å²) in [5.41, 5.74) is -0.580. The van der Waals surface area contributed by atoms with E-state index < -0.39 is 21.1 Å². The van der Waals surface area contributed by atoms with Crippen LogP contribution in [0.4, 0.5) is 0 Å². The van der Waals surface area contributed by atoms with Crippen LogP contribution in [0, 0.1) is 12.8 Å². The number of aromatic nitrogens is 2. The highest BCUT2D eigenvalue weighted by Crippen LogP contribution is 2.27. The summed E-state index contributed by atoms with van der Waals surface area (Å²) in [6, 6.07) is 2.87. The number of hydrogen-bond acceptors (Lipinski definition) is 6. The van der Waals surface area contributed by atoms with Crippen LogP contribution in [0.5, 0.6) is 0 Å². The van der Waals surface area contributed by atoms with Crippen molar-refractivity contribution in [3.8, 4) is 0 Å². The quantitative estimate of drug-likeness (QED) is 0.572. The molecule has 27 heavy (non-hydrogen) atoms. The van der Waals surface area contributed by atoms with Crippen molar-refractivity contribution in [1.82, 2.24) is 14.3 Å². The van der Waals surface area contributed by atoms with Crippen molar-refractivity contribution >= 4 is 27.0 Å². The first kappa shape index (κ1) is 19.3. The molecule has 1 aliphatic heterocycles. The number of aromatic amines is 2. The van der Waals surface area contributed by atoms with Gasteiger partial charge >= 0.3 is 17.1 Å². The zero-order valence-electron chi connectivity index (χ0n) is 15.1. The molecule has 2 N–H and O–H groups in total. The highest BCUT2D eigenvalue weighted by atomic mass is 32.2. The molecule has 10 heteroatoms. The Hall–Kier alpha value is -2.46. The summed E-state index contributed by atoms with van der Waals surface area (Å²) in [4.78, 5) is 39.7. The molecular formula is C17H21N3O6S. The van der Waals surface area contributed by atoms with Gasteiger partial charge in [-0.3, -0.25) is 14.4 Å². The van der Waals surface area contributed by atoms with Crippen LogP contribution >= 0.6 is 0 Å². The fraction of sp³-hybridized carbons (Fsp3) is 0.471. The van der Waals surface area contributed by atoms with Gasteiger partial charge in [0.2, 0.25) is 10.0 Å². The first-order valence-corrected chi connectivity index (χ1v) is 10.1. The predicted molar refractivity (Wildman–Crippen MR) is 98.0 cm³/mol. The summed E-state index contributed by atoms with van der Waals surface area (Å²) in [7, 11) is -3.80. The lowest BCUT2D eigenvalue weighted by atomic mass is 9.98. The van der Waals surface area contributed by atoms with Gasteiger partial charge in [-0.2, -0.15) is 4.31 Å². The molecular weight excluding hydrogens is 374 g/mol. The Morgan fingerprint density at radius 3 is 2.26 bits per heavy atom. The Morgan fingerprint density at radius 2 is 1.70 bits per heavy atom. The van der Waals surface area contributed by atoms with Crippen LogP contribution in [0.15, 0.2) is 26.6 Å². The Morgan fingerprint density at radius 1 is 1.15 bits per heavy atom. The number of piperidine rings is 1. The largest absolute Gasteiger partial charge is 0.466 e. The molecule has 2 heterocycles. The van der Waals surface area contributed by atoms with Crippen molar-refractivity contribution in [2.24, 2.45) is 5.92 Å². The van der Waals surface area contributed by atoms with Gasteiger partial charge in [0, 0.05) is 13.1 Å². The van der Waals surface area contributed by atoms with Crippen molar-refractivity contribution in [3.05, 3.63) is 38.4 Å². The van der Waals surface area contributed by atoms with Crippen molar-refractivity contribution in [2.45, 2.75) is 31.6 Å². The fourth-order valence-corrected chi connectivity index (χ4v) is 4.96. The van der Waals surface area contributed by atoms with E-state index in [0.717, 1.165) is 0 Å². The van der Waals surface area contributed by atoms with E-state index in [4.69, 9.17) is 4.74 Å². The summed E-state index contributed by atoms with van der Waals surface area (Å²) >= 11 is 0. The molecule has 0 spiro atoms. The molecule has 1 saturated heterocycles. The molecule has 1 aliphatic rings. The molecule has 1 aromatic heterocycles. The second-order valence-corrected chi connectivity index (χ2v) is 8.41. The van der Waals surface area contributed by atoms with Crippen LogP contribution in [0.3, 0.4) is 0 Å². The van der Waals surface area contributed by atoms with E-state index in [1.165, 1.54) is 16.4 Å². The summed E-state index contributed by atoms with van der Waals surface area (Å²) < 4.78 is 32.4. The maximum atomic E-state index is 13.1. The summed E-state index contributed by atoms with van der Waals surface area (Å²) in [5.74, 6) is -0.589. The summed E-state index contributed by atoms with van der Waals surface area (Å²) in [6.45, 7) is 4.09. The predicted octanol–water partition coefficient (Wildman–Crippen LogP) is 0.489. The number of rotatable bonds is 4. The van der Waals surface area contributed by atoms with Crippen molar-refractivity contribution in [1.29, 1.82) is 0 Å². The van der Waals surface area contributed by atoms with Crippen LogP contribution in [0.2, 0.25) is 0 Å². The first-order chi connectivity index (χ1) is 12.7. The average Bonchev–Trinajstić information content (AvgIpc) is 2.63. The zero-order chi connectivity index (χ0) is 19.8. The van der Waals surface area contributed by atoms with Gasteiger partial charge < -0.3 is 14.7 Å². The third-order valence-corrected chi connectivity index (χ3v) is 6.75. The molecule has 3 rings (SSSR count). The minimum absolute atomic E-state index is 0.0623. The molecule has 1 fully saturated rings. The molecule has 2 aromatic rings. The molecule has 9 nitrogen and oxygen atoms in total. The van der Waals surface area contributed by atoms with E-state index in [1.807, 2.05) is 0 Å². The number of carbonyl (C=O) groups excluding carboxylic acids is 1. The van der Waals surface area contributed by atoms with E-state index in [0.29, 0.717) is 30.5 Å². The number of sulfonamides is 1. The fourth-order valence-electron chi connectivity index (χ4n) is 3.26. The zero-order valence-corrected chi connectivity index (χ0v) is 15.9. The minimum atomic E-state index is -3.80.